The molecule has 0 saturated heterocycles. The lowest BCUT2D eigenvalue weighted by atomic mass is 9.69. The van der Waals surface area contributed by atoms with Crippen LogP contribution in [-0.2, 0) is 14.3 Å². The van der Waals surface area contributed by atoms with Gasteiger partial charge in [-0.25, -0.2) is 4.79 Å². The molecule has 1 aliphatic heterocycles. The SMILES string of the molecule is C=CC(=O)Oc1ccc2c3c(ccc2c1)OC1CC=C2C=C(OC(=O)CC)CCC2=C1C3C1=CCC(C2=CCCC=C2)C=C1. The third-order valence-electron chi connectivity index (χ3n) is 9.23. The van der Waals surface area contributed by atoms with Gasteiger partial charge < -0.3 is 14.2 Å². The Bertz CT molecular complexity index is 1790. The number of hydrogen-bond acceptors (Lipinski definition) is 5. The van der Waals surface area contributed by atoms with Crippen molar-refractivity contribution >= 4 is 22.7 Å². The van der Waals surface area contributed by atoms with Gasteiger partial charge in [0.1, 0.15) is 23.4 Å². The van der Waals surface area contributed by atoms with Gasteiger partial charge in [-0.2, -0.15) is 0 Å². The number of carbonyl (C=O) groups is 2. The molecule has 44 heavy (non-hydrogen) atoms. The van der Waals surface area contributed by atoms with Gasteiger partial charge >= 0.3 is 11.9 Å². The van der Waals surface area contributed by atoms with E-state index >= 15 is 0 Å². The van der Waals surface area contributed by atoms with Crippen molar-refractivity contribution in [3.63, 3.8) is 0 Å². The van der Waals surface area contributed by atoms with E-state index in [0.29, 0.717) is 24.5 Å². The Kier molecular flexibility index (Phi) is 7.55. The molecule has 3 unspecified atom stereocenters. The average molecular weight is 585 g/mol. The lowest BCUT2D eigenvalue weighted by molar-refractivity contribution is -0.139. The van der Waals surface area contributed by atoms with Crippen LogP contribution < -0.4 is 9.47 Å². The van der Waals surface area contributed by atoms with Crippen molar-refractivity contribution in [2.45, 2.75) is 63.9 Å². The van der Waals surface area contributed by atoms with Crippen LogP contribution in [0.1, 0.15) is 63.4 Å². The van der Waals surface area contributed by atoms with E-state index in [1.807, 2.05) is 31.2 Å². The van der Waals surface area contributed by atoms with E-state index in [1.165, 1.54) is 28.4 Å². The molecule has 2 aromatic rings. The fraction of sp³-hybridized carbons (Fsp3) is 0.282. The summed E-state index contributed by atoms with van der Waals surface area (Å²) < 4.78 is 17.9. The highest BCUT2D eigenvalue weighted by Gasteiger charge is 2.40. The first kappa shape index (κ1) is 28.1. The first-order chi connectivity index (χ1) is 21.5. The molecule has 1 heterocycles. The molecule has 0 amide bonds. The van der Waals surface area contributed by atoms with Crippen LogP contribution in [0.25, 0.3) is 10.8 Å². The fourth-order valence-electron chi connectivity index (χ4n) is 7.14. The minimum absolute atomic E-state index is 0.00828. The minimum Gasteiger partial charge on any atom is -0.485 e. The summed E-state index contributed by atoms with van der Waals surface area (Å²) >= 11 is 0. The number of benzene rings is 2. The molecule has 7 rings (SSSR count). The van der Waals surface area contributed by atoms with E-state index in [9.17, 15) is 9.59 Å². The highest BCUT2D eigenvalue weighted by atomic mass is 16.5. The maximum Gasteiger partial charge on any atom is 0.335 e. The van der Waals surface area contributed by atoms with E-state index < -0.39 is 5.97 Å². The topological polar surface area (TPSA) is 61.8 Å². The van der Waals surface area contributed by atoms with Gasteiger partial charge in [-0.15, -0.1) is 0 Å². The molecule has 222 valence electrons. The summed E-state index contributed by atoms with van der Waals surface area (Å²) in [5.74, 6) is 1.82. The Morgan fingerprint density at radius 1 is 1.00 bits per heavy atom. The van der Waals surface area contributed by atoms with Crippen LogP contribution in [0.2, 0.25) is 0 Å². The van der Waals surface area contributed by atoms with Gasteiger partial charge in [0.15, 0.2) is 0 Å². The second kappa shape index (κ2) is 11.8. The number of fused-ring (bicyclic) bond motifs is 5. The van der Waals surface area contributed by atoms with Crippen molar-refractivity contribution in [3.8, 4) is 11.5 Å². The summed E-state index contributed by atoms with van der Waals surface area (Å²) in [7, 11) is 0. The fourth-order valence-corrected chi connectivity index (χ4v) is 7.14. The van der Waals surface area contributed by atoms with Gasteiger partial charge in [0.05, 0.1) is 0 Å². The smallest absolute Gasteiger partial charge is 0.335 e. The van der Waals surface area contributed by atoms with Crippen LogP contribution >= 0.6 is 0 Å². The van der Waals surface area contributed by atoms with Crippen molar-refractivity contribution in [2.75, 3.05) is 0 Å². The Hall–Kier alpha value is -4.64. The Morgan fingerprint density at radius 3 is 2.68 bits per heavy atom. The molecule has 5 heteroatoms. The normalized spacial score (nSPS) is 23.6. The van der Waals surface area contributed by atoms with Gasteiger partial charge in [0.25, 0.3) is 0 Å². The molecule has 0 saturated carbocycles. The van der Waals surface area contributed by atoms with Crippen LogP contribution in [0.15, 0.2) is 125 Å². The average Bonchev–Trinajstić information content (AvgIpc) is 3.07. The number of carbonyl (C=O) groups excluding carboxylic acids is 2. The van der Waals surface area contributed by atoms with Gasteiger partial charge in [0.2, 0.25) is 0 Å². The summed E-state index contributed by atoms with van der Waals surface area (Å²) in [6.07, 6.45) is 25.2. The quantitative estimate of drug-likeness (QED) is 0.193. The number of ether oxygens (including phenoxy) is 3. The summed E-state index contributed by atoms with van der Waals surface area (Å²) in [5.41, 5.74) is 7.54. The van der Waals surface area contributed by atoms with E-state index in [0.717, 1.165) is 65.5 Å². The zero-order valence-electron chi connectivity index (χ0n) is 25.0. The molecule has 0 aromatic heterocycles. The highest BCUT2D eigenvalue weighted by Crippen LogP contribution is 2.53. The van der Waals surface area contributed by atoms with E-state index in [4.69, 9.17) is 14.2 Å². The zero-order valence-corrected chi connectivity index (χ0v) is 25.0. The molecule has 0 fully saturated rings. The number of rotatable bonds is 6. The maximum atomic E-state index is 12.1. The predicted octanol–water partition coefficient (Wildman–Crippen LogP) is 8.81. The van der Waals surface area contributed by atoms with Crippen molar-refractivity contribution in [2.24, 2.45) is 5.92 Å². The van der Waals surface area contributed by atoms with Crippen molar-refractivity contribution in [1.29, 1.82) is 0 Å². The van der Waals surface area contributed by atoms with E-state index in [1.54, 1.807) is 0 Å². The first-order valence-electron chi connectivity index (χ1n) is 15.7. The van der Waals surface area contributed by atoms with Gasteiger partial charge in [-0.3, -0.25) is 4.79 Å². The molecule has 4 aliphatic carbocycles. The molecule has 3 atom stereocenters. The summed E-state index contributed by atoms with van der Waals surface area (Å²) in [6.45, 7) is 5.34. The second-order valence-electron chi connectivity index (χ2n) is 11.9. The monoisotopic (exact) mass is 584 g/mol. The molecule has 0 N–H and O–H groups in total. The molecule has 0 radical (unpaired) electrons. The van der Waals surface area contributed by atoms with Gasteiger partial charge in [0, 0.05) is 42.7 Å². The standard InChI is InChI=1S/C39H36O5/c1-3-35(40)42-29-16-18-31-27(22-29)14-20-33-38(31)37(26-12-10-25(11-13-26)24-8-6-5-7-9-24)39-32-19-17-30(43-36(41)4-2)23-28(32)15-21-34(39)44-33/h3,6,8-10,12-16,18,20,22-23,25,34,37H,1,4-5,7,11,17,19,21H2,2H3. The zero-order chi connectivity index (χ0) is 30.2. The summed E-state index contributed by atoms with van der Waals surface area (Å²) in [5, 5.41) is 2.06. The third kappa shape index (κ3) is 5.21. The molecule has 0 bridgehead atoms. The van der Waals surface area contributed by atoms with Crippen LogP contribution in [0.4, 0.5) is 0 Å². The first-order valence-corrected chi connectivity index (χ1v) is 15.7. The lowest BCUT2D eigenvalue weighted by Crippen LogP contribution is -2.33. The Labute approximate surface area is 258 Å². The molecule has 2 aromatic carbocycles. The molecular weight excluding hydrogens is 548 g/mol. The second-order valence-corrected chi connectivity index (χ2v) is 11.9. The van der Waals surface area contributed by atoms with E-state index in [-0.39, 0.29) is 18.0 Å². The summed E-state index contributed by atoms with van der Waals surface area (Å²) in [4.78, 5) is 24.0. The van der Waals surface area contributed by atoms with Crippen molar-refractivity contribution in [3.05, 3.63) is 131 Å². The maximum absolute atomic E-state index is 12.1. The minimum atomic E-state index is -0.482. The molecule has 5 aliphatic rings. The third-order valence-corrected chi connectivity index (χ3v) is 9.23. The van der Waals surface area contributed by atoms with Crippen LogP contribution in [0, 0.1) is 5.92 Å². The Morgan fingerprint density at radius 2 is 1.91 bits per heavy atom. The lowest BCUT2D eigenvalue weighted by Gasteiger charge is -2.41. The summed E-state index contributed by atoms with van der Waals surface area (Å²) in [6, 6.07) is 9.89. The van der Waals surface area contributed by atoms with E-state index in [2.05, 4.69) is 61.3 Å². The molecular formula is C39H36O5. The molecule has 5 nitrogen and oxygen atoms in total. The van der Waals surface area contributed by atoms with Gasteiger partial charge in [-0.05, 0) is 88.6 Å². The number of allylic oxidation sites excluding steroid dienone is 12. The largest absolute Gasteiger partial charge is 0.485 e. The van der Waals surface area contributed by atoms with Crippen LogP contribution in [-0.4, -0.2) is 18.0 Å². The van der Waals surface area contributed by atoms with Crippen molar-refractivity contribution in [1.82, 2.24) is 0 Å². The van der Waals surface area contributed by atoms with Gasteiger partial charge in [-0.1, -0.05) is 68.2 Å². The van der Waals surface area contributed by atoms with Crippen LogP contribution in [0.3, 0.4) is 0 Å². The Balaban J connectivity index is 1.34. The molecule has 0 spiro atoms. The number of hydrogen-bond donors (Lipinski definition) is 0. The number of esters is 2. The highest BCUT2D eigenvalue weighted by molar-refractivity contribution is 5.92. The van der Waals surface area contributed by atoms with Crippen LogP contribution in [0.5, 0.6) is 11.5 Å². The van der Waals surface area contributed by atoms with Crippen molar-refractivity contribution < 1.29 is 23.8 Å². The predicted molar refractivity (Wildman–Crippen MR) is 172 cm³/mol.